The Morgan fingerprint density at radius 2 is 2.06 bits per heavy atom. The second-order valence-corrected chi connectivity index (χ2v) is 11.4. The molecule has 4 heterocycles. The quantitative estimate of drug-likeness (QED) is 0.713. The van der Waals surface area contributed by atoms with Crippen molar-refractivity contribution in [2.45, 2.75) is 57.6 Å². The van der Waals surface area contributed by atoms with Crippen molar-refractivity contribution in [3.63, 3.8) is 0 Å². The topological polar surface area (TPSA) is 91.8 Å². The van der Waals surface area contributed by atoms with Crippen molar-refractivity contribution in [2.75, 3.05) is 43.4 Å². The molecular formula is C22H34N4O4S. The third-order valence-electron chi connectivity index (χ3n) is 6.36. The molecule has 1 N–H and O–H groups in total. The lowest BCUT2D eigenvalue weighted by Gasteiger charge is -2.41. The van der Waals surface area contributed by atoms with Crippen LogP contribution in [0.4, 0.5) is 5.82 Å². The highest BCUT2D eigenvalue weighted by atomic mass is 32.2. The van der Waals surface area contributed by atoms with Crippen LogP contribution in [0, 0.1) is 5.92 Å². The molecule has 3 fully saturated rings. The number of anilines is 1. The van der Waals surface area contributed by atoms with E-state index < -0.39 is 15.6 Å². The van der Waals surface area contributed by atoms with Gasteiger partial charge in [-0.2, -0.15) is 0 Å². The smallest absolute Gasteiger partial charge is 0.257 e. The first-order valence-corrected chi connectivity index (χ1v) is 13.1. The molecule has 1 amide bonds. The molecule has 2 atom stereocenters. The van der Waals surface area contributed by atoms with Gasteiger partial charge in [0.25, 0.3) is 5.91 Å². The highest BCUT2D eigenvalue weighted by molar-refractivity contribution is 7.89. The summed E-state index contributed by atoms with van der Waals surface area (Å²) >= 11 is 0. The van der Waals surface area contributed by atoms with Gasteiger partial charge in [-0.1, -0.05) is 13.8 Å². The van der Waals surface area contributed by atoms with E-state index in [0.29, 0.717) is 31.0 Å². The number of nitrogens with one attached hydrogen (secondary N) is 1. The normalized spacial score (nSPS) is 26.9. The van der Waals surface area contributed by atoms with Crippen LogP contribution in [0.3, 0.4) is 0 Å². The van der Waals surface area contributed by atoms with E-state index in [1.165, 1.54) is 0 Å². The van der Waals surface area contributed by atoms with Crippen molar-refractivity contribution < 1.29 is 17.9 Å². The molecule has 1 aromatic heterocycles. The lowest BCUT2D eigenvalue weighted by molar-refractivity contribution is -0.00674. The molecule has 8 nitrogen and oxygen atoms in total. The van der Waals surface area contributed by atoms with Gasteiger partial charge >= 0.3 is 0 Å². The number of pyridine rings is 1. The number of hydrogen-bond donors (Lipinski definition) is 1. The van der Waals surface area contributed by atoms with E-state index in [1.54, 1.807) is 6.20 Å². The number of nitrogens with zero attached hydrogens (tertiary/aromatic N) is 3. The predicted molar refractivity (Wildman–Crippen MR) is 120 cm³/mol. The summed E-state index contributed by atoms with van der Waals surface area (Å²) in [4.78, 5) is 21.7. The molecule has 0 aromatic carbocycles. The Balaban J connectivity index is 1.47. The molecule has 0 bridgehead atoms. The molecule has 9 heteroatoms. The Bertz CT molecular complexity index is 901. The number of likely N-dealkylation sites (tertiary alicyclic amines) is 1. The standard InChI is InChI=1S/C22H34N4O4S/c1-17(2)15-31(28,29)24-18-13-22(30-14-18)8-6-12-26(16-22)20-19(7-5-9-23-20)21(27)25-10-3-4-11-25/h5,7,9,17-18,24H,3-4,6,8,10-16H2,1-2H3. The predicted octanol–water partition coefficient (Wildman–Crippen LogP) is 2.02. The fourth-order valence-corrected chi connectivity index (χ4v) is 6.76. The first-order valence-electron chi connectivity index (χ1n) is 11.4. The Morgan fingerprint density at radius 3 is 2.81 bits per heavy atom. The van der Waals surface area contributed by atoms with Crippen molar-refractivity contribution in [1.82, 2.24) is 14.6 Å². The maximum atomic E-state index is 13.1. The maximum Gasteiger partial charge on any atom is 0.257 e. The van der Waals surface area contributed by atoms with E-state index in [4.69, 9.17) is 4.74 Å². The summed E-state index contributed by atoms with van der Waals surface area (Å²) in [7, 11) is -3.32. The SMILES string of the molecule is CC(C)CS(=O)(=O)NC1COC2(CCCN(c3ncccc3C(=O)N3CCCC3)C2)C1. The van der Waals surface area contributed by atoms with Gasteiger partial charge < -0.3 is 14.5 Å². The largest absolute Gasteiger partial charge is 0.371 e. The van der Waals surface area contributed by atoms with E-state index >= 15 is 0 Å². The number of aromatic nitrogens is 1. The van der Waals surface area contributed by atoms with Crippen molar-refractivity contribution in [3.05, 3.63) is 23.9 Å². The fourth-order valence-electron chi connectivity index (χ4n) is 5.13. The Kier molecular flexibility index (Phi) is 6.55. The van der Waals surface area contributed by atoms with Crippen LogP contribution in [-0.2, 0) is 14.8 Å². The molecule has 2 unspecified atom stereocenters. The molecule has 1 aromatic rings. The van der Waals surface area contributed by atoms with Crippen LogP contribution in [0.2, 0.25) is 0 Å². The summed E-state index contributed by atoms with van der Waals surface area (Å²) < 4.78 is 33.8. The van der Waals surface area contributed by atoms with Crippen LogP contribution < -0.4 is 9.62 Å². The van der Waals surface area contributed by atoms with Gasteiger partial charge in [-0.15, -0.1) is 0 Å². The second-order valence-electron chi connectivity index (χ2n) is 9.59. The van der Waals surface area contributed by atoms with Gasteiger partial charge in [0, 0.05) is 38.4 Å². The molecule has 3 aliphatic heterocycles. The highest BCUT2D eigenvalue weighted by Crippen LogP contribution is 2.37. The van der Waals surface area contributed by atoms with Gasteiger partial charge in [0.05, 0.1) is 23.5 Å². The zero-order valence-corrected chi connectivity index (χ0v) is 19.4. The third kappa shape index (κ3) is 5.21. The zero-order valence-electron chi connectivity index (χ0n) is 18.5. The monoisotopic (exact) mass is 450 g/mol. The molecule has 0 aliphatic carbocycles. The minimum atomic E-state index is -3.32. The maximum absolute atomic E-state index is 13.1. The minimum absolute atomic E-state index is 0.0480. The fraction of sp³-hybridized carbons (Fsp3) is 0.727. The number of ether oxygens (including phenoxy) is 1. The first-order chi connectivity index (χ1) is 14.8. The average molecular weight is 451 g/mol. The van der Waals surface area contributed by atoms with E-state index in [-0.39, 0.29) is 23.6 Å². The molecule has 0 radical (unpaired) electrons. The van der Waals surface area contributed by atoms with Crippen LogP contribution in [0.15, 0.2) is 18.3 Å². The van der Waals surface area contributed by atoms with Gasteiger partial charge in [0.15, 0.2) is 0 Å². The van der Waals surface area contributed by atoms with Gasteiger partial charge in [-0.05, 0) is 50.2 Å². The molecule has 3 aliphatic rings. The lowest BCUT2D eigenvalue weighted by atomic mass is 9.88. The van der Waals surface area contributed by atoms with Crippen molar-refractivity contribution in [1.29, 1.82) is 0 Å². The zero-order chi connectivity index (χ0) is 22.1. The molecule has 1 spiro atoms. The second kappa shape index (κ2) is 9.03. The molecule has 0 saturated carbocycles. The van der Waals surface area contributed by atoms with Gasteiger partial charge in [-0.3, -0.25) is 4.79 Å². The van der Waals surface area contributed by atoms with Crippen molar-refractivity contribution >= 4 is 21.7 Å². The number of sulfonamides is 1. The lowest BCUT2D eigenvalue weighted by Crippen LogP contribution is -2.49. The van der Waals surface area contributed by atoms with Crippen LogP contribution in [0.5, 0.6) is 0 Å². The first kappa shape index (κ1) is 22.5. The minimum Gasteiger partial charge on any atom is -0.371 e. The number of piperidine rings is 1. The molecule has 4 rings (SSSR count). The summed E-state index contributed by atoms with van der Waals surface area (Å²) in [5, 5.41) is 0. The van der Waals surface area contributed by atoms with E-state index in [0.717, 1.165) is 45.3 Å². The molecule has 172 valence electrons. The Labute approximate surface area is 185 Å². The number of carbonyl (C=O) groups excluding carboxylic acids is 1. The Morgan fingerprint density at radius 1 is 1.29 bits per heavy atom. The Hall–Kier alpha value is -1.71. The van der Waals surface area contributed by atoms with Crippen molar-refractivity contribution in [3.8, 4) is 0 Å². The van der Waals surface area contributed by atoms with Crippen molar-refractivity contribution in [2.24, 2.45) is 5.92 Å². The molecule has 31 heavy (non-hydrogen) atoms. The molecular weight excluding hydrogens is 416 g/mol. The summed E-state index contributed by atoms with van der Waals surface area (Å²) in [6.45, 7) is 7.22. The average Bonchev–Trinajstić information content (AvgIpc) is 3.37. The summed E-state index contributed by atoms with van der Waals surface area (Å²) in [6, 6.07) is 3.47. The van der Waals surface area contributed by atoms with Gasteiger partial charge in [0.1, 0.15) is 5.82 Å². The van der Waals surface area contributed by atoms with E-state index in [9.17, 15) is 13.2 Å². The number of amides is 1. The van der Waals surface area contributed by atoms with Crippen LogP contribution in [0.25, 0.3) is 0 Å². The highest BCUT2D eigenvalue weighted by Gasteiger charge is 2.45. The number of hydrogen-bond acceptors (Lipinski definition) is 6. The van der Waals surface area contributed by atoms with E-state index in [2.05, 4.69) is 14.6 Å². The summed E-state index contributed by atoms with van der Waals surface area (Å²) in [5.74, 6) is 0.964. The number of carbonyl (C=O) groups is 1. The third-order valence-corrected chi connectivity index (χ3v) is 8.16. The van der Waals surface area contributed by atoms with Gasteiger partial charge in [-0.25, -0.2) is 18.1 Å². The van der Waals surface area contributed by atoms with Crippen LogP contribution in [-0.4, -0.2) is 74.4 Å². The van der Waals surface area contributed by atoms with Crippen LogP contribution in [0.1, 0.15) is 56.3 Å². The van der Waals surface area contributed by atoms with Crippen LogP contribution >= 0.6 is 0 Å². The number of rotatable bonds is 6. The summed E-state index contributed by atoms with van der Waals surface area (Å²) in [6.07, 6.45) is 6.28. The van der Waals surface area contributed by atoms with Gasteiger partial charge in [0.2, 0.25) is 10.0 Å². The summed E-state index contributed by atoms with van der Waals surface area (Å²) in [5.41, 5.74) is 0.239. The van der Waals surface area contributed by atoms with E-state index in [1.807, 2.05) is 30.9 Å². The molecule has 3 saturated heterocycles.